The van der Waals surface area contributed by atoms with Gasteiger partial charge >= 0.3 is 11.5 Å². The molecule has 0 aliphatic heterocycles. The number of nitrogens with one attached hydrogen (secondary N) is 1. The Bertz CT molecular complexity index is 459. The molecule has 8 heteroatoms. The summed E-state index contributed by atoms with van der Waals surface area (Å²) < 4.78 is 35.5. The van der Waals surface area contributed by atoms with Gasteiger partial charge in [-0.15, -0.1) is 0 Å². The molecule has 104 valence electrons. The zero-order valence-electron chi connectivity index (χ0n) is 9.53. The Morgan fingerprint density at radius 3 is 2.16 bits per heavy atom. The zero-order chi connectivity index (χ0) is 14.5. The summed E-state index contributed by atoms with van der Waals surface area (Å²) in [6, 6.07) is 5.11. The van der Waals surface area contributed by atoms with Crippen LogP contribution in [0, 0.1) is 0 Å². The Balaban J connectivity index is 2.43. The highest BCUT2D eigenvalue weighted by Crippen LogP contribution is 2.29. The number of thioether (sulfide) groups is 1. The fraction of sp³-hybridized carbons (Fsp3) is 0.273. The van der Waals surface area contributed by atoms with Crippen LogP contribution in [0.1, 0.15) is 20.7 Å². The summed E-state index contributed by atoms with van der Waals surface area (Å²) >= 11 is -0.215. The number of benzene rings is 1. The van der Waals surface area contributed by atoms with Crippen LogP contribution in [0.25, 0.3) is 0 Å². The molecule has 0 aliphatic rings. The molecule has 0 bridgehead atoms. The first kappa shape index (κ1) is 15.4. The molecule has 1 aromatic rings. The molecule has 0 fully saturated rings. The number of aromatic carboxylic acids is 1. The Morgan fingerprint density at radius 2 is 1.68 bits per heavy atom. The van der Waals surface area contributed by atoms with E-state index in [9.17, 15) is 22.8 Å². The van der Waals surface area contributed by atoms with Crippen molar-refractivity contribution in [1.82, 2.24) is 5.32 Å². The van der Waals surface area contributed by atoms with Crippen molar-refractivity contribution in [3.8, 4) is 0 Å². The van der Waals surface area contributed by atoms with Crippen LogP contribution in [-0.4, -0.2) is 34.8 Å². The molecule has 0 saturated carbocycles. The summed E-state index contributed by atoms with van der Waals surface area (Å²) in [5.41, 5.74) is -4.08. The molecule has 1 aromatic carbocycles. The average molecular weight is 293 g/mol. The zero-order valence-corrected chi connectivity index (χ0v) is 10.3. The van der Waals surface area contributed by atoms with Crippen molar-refractivity contribution < 1.29 is 27.9 Å². The molecule has 0 radical (unpaired) electrons. The molecular weight excluding hydrogens is 283 g/mol. The van der Waals surface area contributed by atoms with Gasteiger partial charge in [-0.25, -0.2) is 4.79 Å². The monoisotopic (exact) mass is 293 g/mol. The third-order valence-electron chi connectivity index (χ3n) is 2.05. The lowest BCUT2D eigenvalue weighted by molar-refractivity contribution is -0.0327. The number of carbonyl (C=O) groups is 2. The Kier molecular flexibility index (Phi) is 5.22. The molecule has 0 unspecified atom stereocenters. The van der Waals surface area contributed by atoms with Crippen molar-refractivity contribution in [2.45, 2.75) is 5.51 Å². The van der Waals surface area contributed by atoms with Crippen molar-refractivity contribution in [3.05, 3.63) is 35.4 Å². The normalized spacial score (nSPS) is 11.1. The molecule has 0 aromatic heterocycles. The molecule has 0 spiro atoms. The third kappa shape index (κ3) is 5.64. The van der Waals surface area contributed by atoms with E-state index in [0.29, 0.717) is 0 Å². The minimum Gasteiger partial charge on any atom is -0.478 e. The average Bonchev–Trinajstić information content (AvgIpc) is 2.33. The molecule has 0 aliphatic carbocycles. The first-order valence-electron chi connectivity index (χ1n) is 5.12. The van der Waals surface area contributed by atoms with Crippen LogP contribution in [0.15, 0.2) is 24.3 Å². The van der Waals surface area contributed by atoms with Crippen LogP contribution in [0.2, 0.25) is 0 Å². The Labute approximate surface area is 111 Å². The maximum Gasteiger partial charge on any atom is 0.441 e. The second-order valence-corrected chi connectivity index (χ2v) is 4.59. The summed E-state index contributed by atoms with van der Waals surface area (Å²) in [6.07, 6.45) is 0. The summed E-state index contributed by atoms with van der Waals surface area (Å²) in [7, 11) is 0. The number of alkyl halides is 3. The van der Waals surface area contributed by atoms with E-state index in [1.54, 1.807) is 0 Å². The highest BCUT2D eigenvalue weighted by Gasteiger charge is 2.27. The van der Waals surface area contributed by atoms with Crippen molar-refractivity contribution >= 4 is 23.6 Å². The Hall–Kier alpha value is -1.70. The molecule has 1 amide bonds. The number of hydrogen-bond acceptors (Lipinski definition) is 3. The van der Waals surface area contributed by atoms with E-state index < -0.39 is 17.4 Å². The standard InChI is InChI=1S/C11H10F3NO3S/c12-11(13,14)19-6-5-15-9(16)7-1-3-8(4-2-7)10(17)18/h1-4H,5-6H2,(H,15,16)(H,17,18). The van der Waals surface area contributed by atoms with E-state index in [2.05, 4.69) is 5.32 Å². The number of carboxylic acids is 1. The minimum atomic E-state index is -4.31. The van der Waals surface area contributed by atoms with Gasteiger partial charge in [0, 0.05) is 17.9 Å². The number of rotatable bonds is 5. The van der Waals surface area contributed by atoms with Gasteiger partial charge in [0.25, 0.3) is 5.91 Å². The van der Waals surface area contributed by atoms with E-state index in [0.717, 1.165) is 0 Å². The maximum absolute atomic E-state index is 11.8. The van der Waals surface area contributed by atoms with E-state index in [-0.39, 0.29) is 35.2 Å². The molecule has 0 saturated heterocycles. The van der Waals surface area contributed by atoms with E-state index in [1.165, 1.54) is 24.3 Å². The number of hydrogen-bond donors (Lipinski definition) is 2. The van der Waals surface area contributed by atoms with Gasteiger partial charge < -0.3 is 10.4 Å². The second kappa shape index (κ2) is 6.46. The van der Waals surface area contributed by atoms with Crippen molar-refractivity contribution in [1.29, 1.82) is 0 Å². The minimum absolute atomic E-state index is 0.0316. The lowest BCUT2D eigenvalue weighted by Gasteiger charge is -2.07. The van der Waals surface area contributed by atoms with Crippen LogP contribution >= 0.6 is 11.8 Å². The molecular formula is C11H10F3NO3S. The quantitative estimate of drug-likeness (QED) is 0.818. The highest BCUT2D eigenvalue weighted by atomic mass is 32.2. The van der Waals surface area contributed by atoms with Crippen LogP contribution in [-0.2, 0) is 0 Å². The van der Waals surface area contributed by atoms with Crippen molar-refractivity contribution in [2.75, 3.05) is 12.3 Å². The van der Waals surface area contributed by atoms with Crippen LogP contribution in [0.4, 0.5) is 13.2 Å². The first-order chi connectivity index (χ1) is 8.79. The largest absolute Gasteiger partial charge is 0.478 e. The van der Waals surface area contributed by atoms with E-state index in [1.807, 2.05) is 0 Å². The van der Waals surface area contributed by atoms with Gasteiger partial charge in [-0.2, -0.15) is 13.2 Å². The lowest BCUT2D eigenvalue weighted by Crippen LogP contribution is -2.26. The Morgan fingerprint density at radius 1 is 1.16 bits per heavy atom. The first-order valence-corrected chi connectivity index (χ1v) is 6.10. The number of carboxylic acid groups (broad SMARTS) is 1. The molecule has 19 heavy (non-hydrogen) atoms. The van der Waals surface area contributed by atoms with Gasteiger partial charge in [-0.05, 0) is 36.0 Å². The van der Waals surface area contributed by atoms with Crippen LogP contribution in [0.5, 0.6) is 0 Å². The third-order valence-corrected chi connectivity index (χ3v) is 2.78. The number of amides is 1. The van der Waals surface area contributed by atoms with Crippen LogP contribution in [0.3, 0.4) is 0 Å². The second-order valence-electron chi connectivity index (χ2n) is 3.43. The summed E-state index contributed by atoms with van der Waals surface area (Å²) in [6.45, 7) is -0.121. The number of halogens is 3. The fourth-order valence-electron chi connectivity index (χ4n) is 1.20. The van der Waals surface area contributed by atoms with Gasteiger partial charge in [-0.3, -0.25) is 4.79 Å². The van der Waals surface area contributed by atoms with E-state index in [4.69, 9.17) is 5.11 Å². The SMILES string of the molecule is O=C(O)c1ccc(C(=O)NCCSC(F)(F)F)cc1. The lowest BCUT2D eigenvalue weighted by atomic mass is 10.1. The summed E-state index contributed by atoms with van der Waals surface area (Å²) in [5.74, 6) is -1.93. The fourth-order valence-corrected chi connectivity index (χ4v) is 1.63. The molecule has 0 heterocycles. The van der Waals surface area contributed by atoms with Crippen LogP contribution < -0.4 is 5.32 Å². The van der Waals surface area contributed by atoms with Gasteiger partial charge in [0.05, 0.1) is 5.56 Å². The summed E-state index contributed by atoms with van der Waals surface area (Å²) in [5, 5.41) is 11.0. The predicted octanol–water partition coefficient (Wildman–Crippen LogP) is 2.37. The van der Waals surface area contributed by atoms with Gasteiger partial charge in [0.15, 0.2) is 0 Å². The van der Waals surface area contributed by atoms with Crippen molar-refractivity contribution in [2.24, 2.45) is 0 Å². The topological polar surface area (TPSA) is 66.4 Å². The number of carbonyl (C=O) groups excluding carboxylic acids is 1. The van der Waals surface area contributed by atoms with Gasteiger partial charge in [0.1, 0.15) is 0 Å². The van der Waals surface area contributed by atoms with E-state index >= 15 is 0 Å². The maximum atomic E-state index is 11.8. The molecule has 4 nitrogen and oxygen atoms in total. The highest BCUT2D eigenvalue weighted by molar-refractivity contribution is 8.00. The predicted molar refractivity (Wildman–Crippen MR) is 64.2 cm³/mol. The molecule has 1 rings (SSSR count). The smallest absolute Gasteiger partial charge is 0.441 e. The van der Waals surface area contributed by atoms with Gasteiger partial charge in [-0.1, -0.05) is 0 Å². The van der Waals surface area contributed by atoms with Gasteiger partial charge in [0.2, 0.25) is 0 Å². The molecule has 0 atom stereocenters. The summed E-state index contributed by atoms with van der Waals surface area (Å²) in [4.78, 5) is 22.1. The van der Waals surface area contributed by atoms with Crippen molar-refractivity contribution in [3.63, 3.8) is 0 Å². The molecule has 2 N–H and O–H groups in total.